The first-order chi connectivity index (χ1) is 19.3. The van der Waals surface area contributed by atoms with Crippen LogP contribution in [0.2, 0.25) is 0 Å². The minimum atomic E-state index is -0.639. The molecule has 208 valence electrons. The van der Waals surface area contributed by atoms with Crippen LogP contribution in [0.3, 0.4) is 0 Å². The number of benzene rings is 2. The van der Waals surface area contributed by atoms with Gasteiger partial charge < -0.3 is 10.2 Å². The smallest absolute Gasteiger partial charge is 0.337 e. The van der Waals surface area contributed by atoms with Gasteiger partial charge in [0, 0.05) is 18.5 Å². The second-order valence-corrected chi connectivity index (χ2v) is 10.7. The lowest BCUT2D eigenvalue weighted by molar-refractivity contribution is -0.122. The van der Waals surface area contributed by atoms with E-state index in [1.165, 1.54) is 9.13 Å². The third-order valence-corrected chi connectivity index (χ3v) is 7.54. The Kier molecular flexibility index (Phi) is 8.21. The van der Waals surface area contributed by atoms with Crippen LogP contribution in [-0.2, 0) is 4.79 Å². The summed E-state index contributed by atoms with van der Waals surface area (Å²) in [4.78, 5) is 46.2. The molecular weight excluding hydrogens is 509 g/mol. The van der Waals surface area contributed by atoms with E-state index in [4.69, 9.17) is 0 Å². The van der Waals surface area contributed by atoms with E-state index >= 15 is 0 Å². The molecule has 0 spiro atoms. The lowest BCUT2D eigenvalue weighted by Gasteiger charge is -2.30. The molecule has 9 heteroatoms. The Labute approximate surface area is 232 Å². The van der Waals surface area contributed by atoms with E-state index in [1.54, 1.807) is 6.07 Å². The fourth-order valence-corrected chi connectivity index (χ4v) is 5.53. The third kappa shape index (κ3) is 5.89. The monoisotopic (exact) mass is 543 g/mol. The van der Waals surface area contributed by atoms with Gasteiger partial charge in [0.2, 0.25) is 5.91 Å². The van der Waals surface area contributed by atoms with Crippen molar-refractivity contribution in [3.63, 3.8) is 0 Å². The first-order valence-electron chi connectivity index (χ1n) is 13.7. The van der Waals surface area contributed by atoms with Crippen molar-refractivity contribution in [2.24, 2.45) is 0 Å². The molecule has 2 aromatic heterocycles. The SMILES string of the molecule is CN(C)CCCC(=O)NC1CCC(n2c(=O)c3cc(F)cnc3n(-c3cccc(-c4ccccc4)c3)c2=O)CC1. The van der Waals surface area contributed by atoms with E-state index in [0.717, 1.165) is 36.4 Å². The Morgan fingerprint density at radius 1 is 1.00 bits per heavy atom. The zero-order valence-corrected chi connectivity index (χ0v) is 22.8. The first kappa shape index (κ1) is 27.5. The van der Waals surface area contributed by atoms with Gasteiger partial charge in [0.25, 0.3) is 5.56 Å². The zero-order chi connectivity index (χ0) is 28.2. The van der Waals surface area contributed by atoms with Crippen molar-refractivity contribution in [1.82, 2.24) is 24.3 Å². The summed E-state index contributed by atoms with van der Waals surface area (Å²) in [6.45, 7) is 0.848. The van der Waals surface area contributed by atoms with Crippen LogP contribution < -0.4 is 16.6 Å². The maximum Gasteiger partial charge on any atom is 0.337 e. The maximum absolute atomic E-state index is 14.3. The molecule has 0 unspecified atom stereocenters. The number of pyridine rings is 1. The van der Waals surface area contributed by atoms with Gasteiger partial charge in [-0.1, -0.05) is 42.5 Å². The topological polar surface area (TPSA) is 89.2 Å². The molecule has 0 bridgehead atoms. The summed E-state index contributed by atoms with van der Waals surface area (Å²) in [5, 5.41) is 3.16. The molecular formula is C31H34FN5O3. The van der Waals surface area contributed by atoms with Crippen LogP contribution in [0.25, 0.3) is 27.8 Å². The second-order valence-electron chi connectivity index (χ2n) is 10.7. The van der Waals surface area contributed by atoms with E-state index < -0.39 is 17.1 Å². The van der Waals surface area contributed by atoms with Gasteiger partial charge in [-0.15, -0.1) is 0 Å². The van der Waals surface area contributed by atoms with E-state index in [-0.39, 0.29) is 29.0 Å². The van der Waals surface area contributed by atoms with Crippen molar-refractivity contribution >= 4 is 16.9 Å². The molecule has 1 N–H and O–H groups in total. The number of fused-ring (bicyclic) bond motifs is 1. The van der Waals surface area contributed by atoms with Gasteiger partial charge in [-0.3, -0.25) is 14.2 Å². The van der Waals surface area contributed by atoms with Crippen molar-refractivity contribution < 1.29 is 9.18 Å². The third-order valence-electron chi connectivity index (χ3n) is 7.54. The van der Waals surface area contributed by atoms with Crippen LogP contribution in [-0.4, -0.2) is 51.6 Å². The largest absolute Gasteiger partial charge is 0.353 e. The molecule has 1 aliphatic carbocycles. The summed E-state index contributed by atoms with van der Waals surface area (Å²) < 4.78 is 16.9. The highest BCUT2D eigenvalue weighted by atomic mass is 19.1. The Balaban J connectivity index is 1.47. The summed E-state index contributed by atoms with van der Waals surface area (Å²) in [5.41, 5.74) is 1.51. The molecule has 4 aromatic rings. The molecule has 5 rings (SSSR count). The molecule has 2 aromatic carbocycles. The Hall–Kier alpha value is -4.11. The molecule has 0 radical (unpaired) electrons. The molecule has 1 fully saturated rings. The molecule has 0 aliphatic heterocycles. The standard InChI is InChI=1S/C31H34FN5O3/c1-35(2)17-7-12-28(38)34-24-13-15-25(16-14-24)37-30(39)27-19-23(32)20-33-29(27)36(31(37)40)26-11-6-10-22(18-26)21-8-4-3-5-9-21/h3-6,8-11,18-20,24-25H,7,12-17H2,1-2H3,(H,34,38). The number of carbonyl (C=O) groups excluding carboxylic acids is 1. The highest BCUT2D eigenvalue weighted by Gasteiger charge is 2.28. The predicted octanol–water partition coefficient (Wildman–Crippen LogP) is 4.30. The van der Waals surface area contributed by atoms with Gasteiger partial charge in [0.15, 0.2) is 5.65 Å². The van der Waals surface area contributed by atoms with Crippen LogP contribution in [0, 0.1) is 5.82 Å². The van der Waals surface area contributed by atoms with Crippen molar-refractivity contribution in [1.29, 1.82) is 0 Å². The van der Waals surface area contributed by atoms with Gasteiger partial charge in [0.05, 0.1) is 17.3 Å². The van der Waals surface area contributed by atoms with Crippen molar-refractivity contribution in [2.45, 2.75) is 50.6 Å². The van der Waals surface area contributed by atoms with E-state index in [1.807, 2.05) is 67.5 Å². The lowest BCUT2D eigenvalue weighted by atomic mass is 9.90. The predicted molar refractivity (Wildman–Crippen MR) is 154 cm³/mol. The van der Waals surface area contributed by atoms with E-state index in [0.29, 0.717) is 37.8 Å². The Morgan fingerprint density at radius 2 is 1.73 bits per heavy atom. The van der Waals surface area contributed by atoms with Crippen LogP contribution in [0.15, 0.2) is 76.4 Å². The summed E-state index contributed by atoms with van der Waals surface area (Å²) in [7, 11) is 3.96. The number of nitrogens with one attached hydrogen (secondary N) is 1. The lowest BCUT2D eigenvalue weighted by Crippen LogP contribution is -2.45. The van der Waals surface area contributed by atoms with Crippen molar-refractivity contribution in [3.8, 4) is 16.8 Å². The van der Waals surface area contributed by atoms with Gasteiger partial charge >= 0.3 is 5.69 Å². The fraction of sp³-hybridized carbons (Fsp3) is 0.355. The van der Waals surface area contributed by atoms with E-state index in [9.17, 15) is 18.8 Å². The van der Waals surface area contributed by atoms with E-state index in [2.05, 4.69) is 10.3 Å². The molecule has 2 heterocycles. The summed E-state index contributed by atoms with van der Waals surface area (Å²) in [6.07, 6.45) is 4.68. The maximum atomic E-state index is 14.3. The number of nitrogens with zero attached hydrogens (tertiary/aromatic N) is 4. The van der Waals surface area contributed by atoms with Gasteiger partial charge in [0.1, 0.15) is 5.82 Å². The van der Waals surface area contributed by atoms with Gasteiger partial charge in [-0.25, -0.2) is 18.7 Å². The normalized spacial score (nSPS) is 17.3. The molecule has 1 amide bonds. The Morgan fingerprint density at radius 3 is 2.45 bits per heavy atom. The number of carbonyl (C=O) groups is 1. The minimum absolute atomic E-state index is 0.00292. The molecule has 8 nitrogen and oxygen atoms in total. The van der Waals surface area contributed by atoms with Crippen LogP contribution >= 0.6 is 0 Å². The quantitative estimate of drug-likeness (QED) is 0.358. The van der Waals surface area contributed by atoms with Crippen LogP contribution in [0.4, 0.5) is 4.39 Å². The highest BCUT2D eigenvalue weighted by molar-refractivity contribution is 5.77. The molecule has 1 saturated carbocycles. The Bertz CT molecular complexity index is 1620. The van der Waals surface area contributed by atoms with Crippen molar-refractivity contribution in [2.75, 3.05) is 20.6 Å². The summed E-state index contributed by atoms with van der Waals surface area (Å²) in [6, 6.07) is 18.0. The number of amides is 1. The van der Waals surface area contributed by atoms with Crippen LogP contribution in [0.5, 0.6) is 0 Å². The average molecular weight is 544 g/mol. The number of hydrogen-bond acceptors (Lipinski definition) is 5. The first-order valence-corrected chi connectivity index (χ1v) is 13.7. The second kappa shape index (κ2) is 12.0. The number of aromatic nitrogens is 3. The average Bonchev–Trinajstić information content (AvgIpc) is 2.95. The number of rotatable bonds is 8. The highest BCUT2D eigenvalue weighted by Crippen LogP contribution is 2.28. The minimum Gasteiger partial charge on any atom is -0.353 e. The van der Waals surface area contributed by atoms with Crippen LogP contribution in [0.1, 0.15) is 44.6 Å². The van der Waals surface area contributed by atoms with Gasteiger partial charge in [-0.2, -0.15) is 0 Å². The molecule has 0 atom stereocenters. The zero-order valence-electron chi connectivity index (χ0n) is 22.8. The molecule has 0 saturated heterocycles. The number of hydrogen-bond donors (Lipinski definition) is 1. The number of halogens is 1. The summed E-state index contributed by atoms with van der Waals surface area (Å²) >= 11 is 0. The molecule has 40 heavy (non-hydrogen) atoms. The van der Waals surface area contributed by atoms with Gasteiger partial charge in [-0.05, 0) is 82.1 Å². The molecule has 1 aliphatic rings. The fourth-order valence-electron chi connectivity index (χ4n) is 5.53. The summed E-state index contributed by atoms with van der Waals surface area (Å²) in [5.74, 6) is -0.615. The van der Waals surface area contributed by atoms with Crippen molar-refractivity contribution in [3.05, 3.63) is 93.5 Å².